The van der Waals surface area contributed by atoms with Gasteiger partial charge in [0, 0.05) is 12.1 Å². The number of hydrogen-bond donors (Lipinski definition) is 2. The number of hydrogen-bond acceptors (Lipinski definition) is 4. The van der Waals surface area contributed by atoms with Gasteiger partial charge in [0.15, 0.2) is 11.5 Å². The van der Waals surface area contributed by atoms with Crippen molar-refractivity contribution in [1.29, 1.82) is 0 Å². The van der Waals surface area contributed by atoms with E-state index in [0.717, 1.165) is 5.56 Å². The lowest BCUT2D eigenvalue weighted by atomic mass is 10.2. The molecule has 20 heavy (non-hydrogen) atoms. The molecule has 0 atom stereocenters. The molecule has 1 aliphatic rings. The van der Waals surface area contributed by atoms with Gasteiger partial charge in [0.1, 0.15) is 6.54 Å². The summed E-state index contributed by atoms with van der Waals surface area (Å²) in [5, 5.41) is 4.53. The third-order valence-corrected chi connectivity index (χ3v) is 2.57. The molecule has 0 unspecified atom stereocenters. The van der Waals surface area contributed by atoms with Gasteiger partial charge in [0.05, 0.1) is 6.54 Å². The lowest BCUT2D eigenvalue weighted by molar-refractivity contribution is -0.137. The first-order valence-corrected chi connectivity index (χ1v) is 5.87. The second-order valence-electron chi connectivity index (χ2n) is 4.15. The molecule has 0 spiro atoms. The van der Waals surface area contributed by atoms with Crippen molar-refractivity contribution in [2.75, 3.05) is 19.9 Å². The lowest BCUT2D eigenvalue weighted by Gasteiger charge is -2.10. The number of amides is 1. The molecule has 1 heterocycles. The SMILES string of the molecule is O=C(CNCc1cccc2c1OCO2)NCC(F)(F)F. The minimum absolute atomic E-state index is 0.137. The predicted molar refractivity (Wildman–Crippen MR) is 63.3 cm³/mol. The van der Waals surface area contributed by atoms with E-state index in [9.17, 15) is 18.0 Å². The summed E-state index contributed by atoms with van der Waals surface area (Å²) in [6.45, 7) is -1.10. The minimum Gasteiger partial charge on any atom is -0.454 e. The number of rotatable bonds is 5. The molecule has 0 aromatic heterocycles. The van der Waals surface area contributed by atoms with Crippen LogP contribution in [0.5, 0.6) is 11.5 Å². The van der Waals surface area contributed by atoms with E-state index >= 15 is 0 Å². The van der Waals surface area contributed by atoms with Crippen LogP contribution in [0, 0.1) is 0 Å². The van der Waals surface area contributed by atoms with Crippen LogP contribution in [0.2, 0.25) is 0 Å². The van der Waals surface area contributed by atoms with Gasteiger partial charge in [-0.2, -0.15) is 13.2 Å². The van der Waals surface area contributed by atoms with E-state index in [-0.39, 0.29) is 13.3 Å². The van der Waals surface area contributed by atoms with Crippen LogP contribution in [-0.2, 0) is 11.3 Å². The number of carbonyl (C=O) groups is 1. The van der Waals surface area contributed by atoms with E-state index in [4.69, 9.17) is 9.47 Å². The van der Waals surface area contributed by atoms with Crippen LogP contribution in [0.4, 0.5) is 13.2 Å². The summed E-state index contributed by atoms with van der Waals surface area (Å²) in [4.78, 5) is 11.2. The van der Waals surface area contributed by atoms with E-state index in [1.807, 2.05) is 0 Å². The van der Waals surface area contributed by atoms with Crippen LogP contribution >= 0.6 is 0 Å². The number of para-hydroxylation sites is 1. The van der Waals surface area contributed by atoms with Crippen molar-refractivity contribution in [3.05, 3.63) is 23.8 Å². The summed E-state index contributed by atoms with van der Waals surface area (Å²) in [6.07, 6.45) is -4.40. The lowest BCUT2D eigenvalue weighted by Crippen LogP contribution is -2.39. The zero-order valence-corrected chi connectivity index (χ0v) is 10.4. The summed E-state index contributed by atoms with van der Waals surface area (Å²) < 4.78 is 46.1. The molecule has 0 saturated heterocycles. The van der Waals surface area contributed by atoms with Crippen LogP contribution in [0.1, 0.15) is 5.56 Å². The molecule has 0 fully saturated rings. The smallest absolute Gasteiger partial charge is 0.405 e. The van der Waals surface area contributed by atoms with Crippen molar-refractivity contribution in [2.24, 2.45) is 0 Å². The van der Waals surface area contributed by atoms with Gasteiger partial charge in [0.25, 0.3) is 0 Å². The van der Waals surface area contributed by atoms with E-state index in [2.05, 4.69) is 5.32 Å². The Bertz CT molecular complexity index is 491. The number of fused-ring (bicyclic) bond motifs is 1. The molecular weight excluding hydrogens is 277 g/mol. The molecule has 5 nitrogen and oxygen atoms in total. The van der Waals surface area contributed by atoms with Crippen molar-refractivity contribution in [1.82, 2.24) is 10.6 Å². The van der Waals surface area contributed by atoms with Crippen LogP contribution in [0.15, 0.2) is 18.2 Å². The van der Waals surface area contributed by atoms with Crippen LogP contribution < -0.4 is 20.1 Å². The van der Waals surface area contributed by atoms with Crippen molar-refractivity contribution in [3.8, 4) is 11.5 Å². The normalized spacial score (nSPS) is 13.3. The van der Waals surface area contributed by atoms with Crippen LogP contribution in [0.25, 0.3) is 0 Å². The Balaban J connectivity index is 1.76. The molecule has 1 aromatic rings. The minimum atomic E-state index is -4.40. The highest BCUT2D eigenvalue weighted by molar-refractivity contribution is 5.78. The molecule has 2 N–H and O–H groups in total. The summed E-state index contributed by atoms with van der Waals surface area (Å²) in [5.41, 5.74) is 0.781. The van der Waals surface area contributed by atoms with Gasteiger partial charge in [0.2, 0.25) is 12.7 Å². The Kier molecular flexibility index (Phi) is 4.33. The zero-order valence-electron chi connectivity index (χ0n) is 10.4. The first-order valence-electron chi connectivity index (χ1n) is 5.87. The number of ether oxygens (including phenoxy) is 2. The average molecular weight is 290 g/mol. The Hall–Kier alpha value is -1.96. The highest BCUT2D eigenvalue weighted by Gasteiger charge is 2.27. The highest BCUT2D eigenvalue weighted by Crippen LogP contribution is 2.35. The van der Waals surface area contributed by atoms with Crippen molar-refractivity contribution in [3.63, 3.8) is 0 Å². The Labute approximate surface area is 113 Å². The maximum Gasteiger partial charge on any atom is 0.405 e. The fourth-order valence-corrected chi connectivity index (χ4v) is 1.70. The second kappa shape index (κ2) is 6.00. The van der Waals surface area contributed by atoms with Gasteiger partial charge in [-0.3, -0.25) is 4.79 Å². The second-order valence-corrected chi connectivity index (χ2v) is 4.15. The molecule has 8 heteroatoms. The van der Waals surface area contributed by atoms with E-state index in [1.54, 1.807) is 23.5 Å². The van der Waals surface area contributed by atoms with Crippen molar-refractivity contribution >= 4 is 5.91 Å². The Morgan fingerprint density at radius 1 is 1.30 bits per heavy atom. The summed E-state index contributed by atoms with van der Waals surface area (Å²) in [7, 11) is 0. The van der Waals surface area contributed by atoms with Gasteiger partial charge in [-0.15, -0.1) is 0 Å². The van der Waals surface area contributed by atoms with Crippen LogP contribution in [-0.4, -0.2) is 32.0 Å². The zero-order chi connectivity index (χ0) is 14.6. The Morgan fingerprint density at radius 3 is 2.85 bits per heavy atom. The molecule has 0 radical (unpaired) electrons. The predicted octanol–water partition coefficient (Wildman–Crippen LogP) is 1.18. The quantitative estimate of drug-likeness (QED) is 0.855. The maximum atomic E-state index is 11.9. The number of carbonyl (C=O) groups excluding carboxylic acids is 1. The molecule has 2 rings (SSSR count). The van der Waals surface area contributed by atoms with E-state index in [1.165, 1.54) is 0 Å². The summed E-state index contributed by atoms with van der Waals surface area (Å²) >= 11 is 0. The number of benzene rings is 1. The van der Waals surface area contributed by atoms with E-state index < -0.39 is 18.6 Å². The van der Waals surface area contributed by atoms with Gasteiger partial charge in [-0.1, -0.05) is 12.1 Å². The maximum absolute atomic E-state index is 11.9. The molecule has 1 amide bonds. The van der Waals surface area contributed by atoms with E-state index in [0.29, 0.717) is 18.0 Å². The molecular formula is C12H13F3N2O3. The molecule has 0 bridgehead atoms. The molecule has 110 valence electrons. The van der Waals surface area contributed by atoms with Crippen molar-refractivity contribution < 1.29 is 27.4 Å². The van der Waals surface area contributed by atoms with Gasteiger partial charge in [-0.05, 0) is 6.07 Å². The molecule has 1 aromatic carbocycles. The van der Waals surface area contributed by atoms with Crippen molar-refractivity contribution in [2.45, 2.75) is 12.7 Å². The van der Waals surface area contributed by atoms with Gasteiger partial charge < -0.3 is 20.1 Å². The first kappa shape index (κ1) is 14.4. The molecule has 1 aliphatic heterocycles. The third kappa shape index (κ3) is 4.02. The standard InChI is InChI=1S/C12H13F3N2O3/c13-12(14,15)6-17-10(18)5-16-4-8-2-1-3-9-11(8)20-7-19-9/h1-3,16H,4-7H2,(H,17,18). The largest absolute Gasteiger partial charge is 0.454 e. The Morgan fingerprint density at radius 2 is 2.10 bits per heavy atom. The fraction of sp³-hybridized carbons (Fsp3) is 0.417. The summed E-state index contributed by atoms with van der Waals surface area (Å²) in [6, 6.07) is 5.31. The van der Waals surface area contributed by atoms with Gasteiger partial charge >= 0.3 is 6.18 Å². The monoisotopic (exact) mass is 290 g/mol. The first-order chi connectivity index (χ1) is 9.46. The third-order valence-electron chi connectivity index (χ3n) is 2.57. The number of nitrogens with one attached hydrogen (secondary N) is 2. The molecule has 0 saturated carbocycles. The van der Waals surface area contributed by atoms with Gasteiger partial charge in [-0.25, -0.2) is 0 Å². The number of alkyl halides is 3. The fourth-order valence-electron chi connectivity index (χ4n) is 1.70. The highest BCUT2D eigenvalue weighted by atomic mass is 19.4. The number of halogens is 3. The molecule has 0 aliphatic carbocycles. The topological polar surface area (TPSA) is 59.6 Å². The average Bonchev–Trinajstić information content (AvgIpc) is 2.84. The van der Waals surface area contributed by atoms with Crippen LogP contribution in [0.3, 0.4) is 0 Å². The summed E-state index contributed by atoms with van der Waals surface area (Å²) in [5.74, 6) is 0.494.